The monoisotopic (exact) mass is 477 g/mol. The second kappa shape index (κ2) is 11.8. The molecule has 4 nitrogen and oxygen atoms in total. The van der Waals surface area contributed by atoms with Crippen LogP contribution in [0.1, 0.15) is 44.1 Å². The van der Waals surface area contributed by atoms with Gasteiger partial charge in [-0.25, -0.2) is 0 Å². The number of anilines is 1. The number of hydrogen-bond donors (Lipinski definition) is 1. The minimum atomic E-state index is 0. The molecule has 31 heavy (non-hydrogen) atoms. The summed E-state index contributed by atoms with van der Waals surface area (Å²) >= 11 is 7.74. The second-order valence-electron chi connectivity index (χ2n) is 8.04. The lowest BCUT2D eigenvalue weighted by atomic mass is 9.96. The van der Waals surface area contributed by atoms with Crippen molar-refractivity contribution in [3.8, 4) is 0 Å². The predicted molar refractivity (Wildman–Crippen MR) is 134 cm³/mol. The molecule has 2 aromatic rings. The normalized spacial score (nSPS) is 20.5. The van der Waals surface area contributed by atoms with E-state index < -0.39 is 0 Å². The molecule has 1 atom stereocenters. The molecular weight excluding hydrogens is 449 g/mol. The van der Waals surface area contributed by atoms with Crippen molar-refractivity contribution in [2.24, 2.45) is 4.99 Å². The molecule has 7 heteroatoms. The van der Waals surface area contributed by atoms with Crippen molar-refractivity contribution in [2.75, 3.05) is 11.1 Å². The minimum Gasteiger partial charge on any atom is -0.343 e. The molecular formula is C24H29Cl2N3OS. The zero-order chi connectivity index (χ0) is 20.8. The van der Waals surface area contributed by atoms with E-state index in [9.17, 15) is 4.79 Å². The van der Waals surface area contributed by atoms with E-state index in [2.05, 4.69) is 34.5 Å². The highest BCUT2D eigenvalue weighted by molar-refractivity contribution is 8.14. The number of rotatable bonds is 6. The number of thioether (sulfide) groups is 1. The van der Waals surface area contributed by atoms with Crippen LogP contribution in [-0.4, -0.2) is 33.8 Å². The Morgan fingerprint density at radius 3 is 2.48 bits per heavy atom. The summed E-state index contributed by atoms with van der Waals surface area (Å²) in [4.78, 5) is 20.2. The van der Waals surface area contributed by atoms with Crippen molar-refractivity contribution in [3.63, 3.8) is 0 Å². The van der Waals surface area contributed by atoms with Crippen LogP contribution < -0.4 is 5.32 Å². The Morgan fingerprint density at radius 2 is 1.77 bits per heavy atom. The first kappa shape index (κ1) is 24.0. The molecule has 1 aliphatic carbocycles. The molecule has 0 spiro atoms. The van der Waals surface area contributed by atoms with Gasteiger partial charge in [0.05, 0.1) is 6.04 Å². The molecule has 0 aromatic heterocycles. The first-order valence-electron chi connectivity index (χ1n) is 10.7. The van der Waals surface area contributed by atoms with Crippen LogP contribution in [0, 0.1) is 0 Å². The average molecular weight is 478 g/mol. The Bertz CT molecular complexity index is 870. The fourth-order valence-corrected chi connectivity index (χ4v) is 5.45. The van der Waals surface area contributed by atoms with Gasteiger partial charge in [0, 0.05) is 35.5 Å². The van der Waals surface area contributed by atoms with E-state index in [-0.39, 0.29) is 24.4 Å². The third-order valence-electron chi connectivity index (χ3n) is 5.70. The van der Waals surface area contributed by atoms with Crippen LogP contribution in [-0.2, 0) is 11.3 Å². The van der Waals surface area contributed by atoms with Gasteiger partial charge in [-0.3, -0.25) is 9.79 Å². The number of carbonyl (C=O) groups is 1. The zero-order valence-corrected chi connectivity index (χ0v) is 19.9. The van der Waals surface area contributed by atoms with Crippen LogP contribution in [0.3, 0.4) is 0 Å². The molecule has 1 saturated carbocycles. The summed E-state index contributed by atoms with van der Waals surface area (Å²) in [6, 6.07) is 18.3. The van der Waals surface area contributed by atoms with Gasteiger partial charge in [0.1, 0.15) is 0 Å². The SMILES string of the molecule is Cl.O=C(CC1CSC(=NC2CCCCC2)N1Cc1ccccc1)Nc1ccc(Cl)cc1. The van der Waals surface area contributed by atoms with Crippen molar-refractivity contribution in [1.29, 1.82) is 0 Å². The number of aliphatic imine (C=N–C) groups is 1. The summed E-state index contributed by atoms with van der Waals surface area (Å²) < 4.78 is 0. The van der Waals surface area contributed by atoms with Crippen molar-refractivity contribution in [1.82, 2.24) is 4.90 Å². The first-order chi connectivity index (χ1) is 14.7. The highest BCUT2D eigenvalue weighted by atomic mass is 35.5. The Kier molecular flexibility index (Phi) is 9.12. The molecule has 1 saturated heterocycles. The van der Waals surface area contributed by atoms with Crippen LogP contribution in [0.4, 0.5) is 5.69 Å². The van der Waals surface area contributed by atoms with Gasteiger partial charge < -0.3 is 10.2 Å². The molecule has 1 heterocycles. The van der Waals surface area contributed by atoms with Gasteiger partial charge in [-0.05, 0) is 42.7 Å². The van der Waals surface area contributed by atoms with E-state index in [4.69, 9.17) is 16.6 Å². The third kappa shape index (κ3) is 6.90. The van der Waals surface area contributed by atoms with Gasteiger partial charge in [-0.2, -0.15) is 0 Å². The van der Waals surface area contributed by atoms with Crippen molar-refractivity contribution in [2.45, 2.75) is 57.2 Å². The molecule has 2 aromatic carbocycles. The number of amidine groups is 1. The van der Waals surface area contributed by atoms with Crippen molar-refractivity contribution >= 4 is 52.5 Å². The van der Waals surface area contributed by atoms with E-state index in [1.54, 1.807) is 23.9 Å². The van der Waals surface area contributed by atoms with Crippen LogP contribution in [0.2, 0.25) is 5.02 Å². The van der Waals surface area contributed by atoms with E-state index in [1.165, 1.54) is 37.7 Å². The van der Waals surface area contributed by atoms with Gasteiger partial charge in [0.2, 0.25) is 5.91 Å². The standard InChI is InChI=1S/C24H28ClN3OS.ClH/c25-19-11-13-21(14-12-19)26-23(29)15-22-17-30-24(27-20-9-5-2-6-10-20)28(22)16-18-7-3-1-4-8-18;/h1,3-4,7-8,11-14,20,22H,2,5-6,9-10,15-17H2,(H,26,29);1H. The lowest BCUT2D eigenvalue weighted by molar-refractivity contribution is -0.116. The van der Waals surface area contributed by atoms with Gasteiger partial charge in [0.15, 0.2) is 5.17 Å². The zero-order valence-electron chi connectivity index (χ0n) is 17.5. The first-order valence-corrected chi connectivity index (χ1v) is 12.1. The number of benzene rings is 2. The highest BCUT2D eigenvalue weighted by Crippen LogP contribution is 2.31. The van der Waals surface area contributed by atoms with Crippen LogP contribution in [0.15, 0.2) is 59.6 Å². The van der Waals surface area contributed by atoms with Gasteiger partial charge in [0.25, 0.3) is 0 Å². The molecule has 1 amide bonds. The summed E-state index contributed by atoms with van der Waals surface area (Å²) in [6.45, 7) is 0.790. The summed E-state index contributed by atoms with van der Waals surface area (Å²) in [6.07, 6.45) is 6.70. The van der Waals surface area contributed by atoms with E-state index in [0.29, 0.717) is 17.5 Å². The molecule has 0 bridgehead atoms. The maximum atomic E-state index is 12.7. The number of halogens is 2. The molecule has 1 aliphatic heterocycles. The lowest BCUT2D eigenvalue weighted by Gasteiger charge is -2.27. The molecule has 2 aliphatic rings. The summed E-state index contributed by atoms with van der Waals surface area (Å²) in [7, 11) is 0. The van der Waals surface area contributed by atoms with Gasteiger partial charge in [-0.15, -0.1) is 12.4 Å². The summed E-state index contributed by atoms with van der Waals surface area (Å²) in [5.41, 5.74) is 2.03. The Hall–Kier alpha value is -1.69. The summed E-state index contributed by atoms with van der Waals surface area (Å²) in [5, 5.41) is 4.77. The highest BCUT2D eigenvalue weighted by Gasteiger charge is 2.32. The number of hydrogen-bond acceptors (Lipinski definition) is 3. The maximum Gasteiger partial charge on any atom is 0.226 e. The average Bonchev–Trinajstić information content (AvgIpc) is 3.12. The molecule has 0 radical (unpaired) electrons. The number of amides is 1. The second-order valence-corrected chi connectivity index (χ2v) is 9.46. The minimum absolute atomic E-state index is 0. The Morgan fingerprint density at radius 1 is 1.06 bits per heavy atom. The van der Waals surface area contributed by atoms with Gasteiger partial charge >= 0.3 is 0 Å². The predicted octanol–water partition coefficient (Wildman–Crippen LogP) is 6.40. The number of nitrogens with zero attached hydrogens (tertiary/aromatic N) is 2. The molecule has 4 rings (SSSR count). The van der Waals surface area contributed by atoms with Crippen molar-refractivity contribution < 1.29 is 4.79 Å². The van der Waals surface area contributed by atoms with Crippen molar-refractivity contribution in [3.05, 3.63) is 65.2 Å². The fraction of sp³-hybridized carbons (Fsp3) is 0.417. The molecule has 1 N–H and O–H groups in total. The fourth-order valence-electron chi connectivity index (χ4n) is 4.08. The van der Waals surface area contributed by atoms with E-state index in [0.717, 1.165) is 23.2 Å². The van der Waals surface area contributed by atoms with E-state index >= 15 is 0 Å². The quantitative estimate of drug-likeness (QED) is 0.523. The summed E-state index contributed by atoms with van der Waals surface area (Å²) in [5.74, 6) is 0.923. The van der Waals surface area contributed by atoms with Crippen LogP contribution in [0.25, 0.3) is 0 Å². The maximum absolute atomic E-state index is 12.7. The molecule has 2 fully saturated rings. The number of carbonyl (C=O) groups excluding carboxylic acids is 1. The lowest BCUT2D eigenvalue weighted by Crippen LogP contribution is -2.37. The molecule has 1 unspecified atom stereocenters. The molecule has 166 valence electrons. The number of nitrogens with one attached hydrogen (secondary N) is 1. The third-order valence-corrected chi connectivity index (χ3v) is 7.11. The van der Waals surface area contributed by atoms with Crippen LogP contribution in [0.5, 0.6) is 0 Å². The van der Waals surface area contributed by atoms with E-state index in [1.807, 2.05) is 18.2 Å². The Balaban J connectivity index is 0.00000272. The largest absolute Gasteiger partial charge is 0.343 e. The Labute approximate surface area is 200 Å². The smallest absolute Gasteiger partial charge is 0.226 e. The van der Waals surface area contributed by atoms with Gasteiger partial charge in [-0.1, -0.05) is 73.0 Å². The topological polar surface area (TPSA) is 44.7 Å². The van der Waals surface area contributed by atoms with Crippen LogP contribution >= 0.6 is 35.8 Å².